The van der Waals surface area contributed by atoms with Crippen LogP contribution in [0.15, 0.2) is 24.3 Å². The zero-order valence-corrected chi connectivity index (χ0v) is 14.3. The van der Waals surface area contributed by atoms with Crippen molar-refractivity contribution in [1.82, 2.24) is 0 Å². The fraction of sp³-hybridized carbons (Fsp3) is 0.600. The van der Waals surface area contributed by atoms with E-state index in [1.807, 2.05) is 0 Å². The Morgan fingerprint density at radius 1 is 1.06 bits per heavy atom. The molecule has 0 radical (unpaired) electrons. The van der Waals surface area contributed by atoms with Crippen LogP contribution in [-0.4, -0.2) is 50.2 Å². The van der Waals surface area contributed by atoms with E-state index in [1.54, 1.807) is 11.1 Å². The third kappa shape index (κ3) is 4.21. The summed E-state index contributed by atoms with van der Waals surface area (Å²) in [5.74, 6) is 0. The second-order valence-electron chi connectivity index (χ2n) is 6.80. The number of fused-ring (bicyclic) bond motifs is 1. The monoisotopic (exact) mass is 361 g/mol. The van der Waals surface area contributed by atoms with Crippen LogP contribution in [0.2, 0.25) is 0 Å². The van der Waals surface area contributed by atoms with Crippen LogP contribution in [0.5, 0.6) is 0 Å². The summed E-state index contributed by atoms with van der Waals surface area (Å²) in [6, 6.07) is 8.92. The SMILES string of the molecule is C[N+](C)(C)CCC[N+]1(C)Cc2ccccc2C1.[I-]. The normalized spacial score (nSPS) is 17.1. The average Bonchev–Trinajstić information content (AvgIpc) is 2.51. The third-order valence-electron chi connectivity index (χ3n) is 3.75. The first-order chi connectivity index (χ1) is 7.88. The van der Waals surface area contributed by atoms with Crippen molar-refractivity contribution in [3.8, 4) is 0 Å². The third-order valence-corrected chi connectivity index (χ3v) is 3.75. The number of quaternary nitrogens is 2. The molecule has 3 heteroatoms. The molecule has 2 rings (SSSR count). The molecule has 0 saturated carbocycles. The van der Waals surface area contributed by atoms with Crippen molar-refractivity contribution in [3.63, 3.8) is 0 Å². The molecule has 1 aromatic rings. The highest BCUT2D eigenvalue weighted by atomic mass is 127. The van der Waals surface area contributed by atoms with E-state index in [4.69, 9.17) is 0 Å². The standard InChI is InChI=1S/C15H26N2.HI/c1-16(2,3)10-7-11-17(4)12-14-8-5-6-9-15(14)13-17;/h5-6,8-9H,7,10-13H2,1-4H3;1H/q+2;/p-1. The summed E-state index contributed by atoms with van der Waals surface area (Å²) < 4.78 is 2.27. The highest BCUT2D eigenvalue weighted by Crippen LogP contribution is 2.28. The zero-order chi connectivity index (χ0) is 12.5. The minimum Gasteiger partial charge on any atom is -1.00 e. The van der Waals surface area contributed by atoms with Gasteiger partial charge in [-0.3, -0.25) is 0 Å². The Labute approximate surface area is 129 Å². The van der Waals surface area contributed by atoms with E-state index in [-0.39, 0.29) is 24.0 Å². The van der Waals surface area contributed by atoms with Gasteiger partial charge in [-0.15, -0.1) is 0 Å². The highest BCUT2D eigenvalue weighted by Gasteiger charge is 2.31. The molecule has 18 heavy (non-hydrogen) atoms. The fourth-order valence-electron chi connectivity index (χ4n) is 2.83. The lowest BCUT2D eigenvalue weighted by atomic mass is 10.1. The summed E-state index contributed by atoms with van der Waals surface area (Å²) >= 11 is 0. The van der Waals surface area contributed by atoms with Crippen LogP contribution in [0.3, 0.4) is 0 Å². The maximum Gasteiger partial charge on any atom is 0.105 e. The van der Waals surface area contributed by atoms with Gasteiger partial charge in [0.1, 0.15) is 13.1 Å². The van der Waals surface area contributed by atoms with Crippen LogP contribution in [0.4, 0.5) is 0 Å². The number of hydrogen-bond acceptors (Lipinski definition) is 0. The van der Waals surface area contributed by atoms with Crippen molar-refractivity contribution in [2.24, 2.45) is 0 Å². The maximum absolute atomic E-state index is 2.40. The van der Waals surface area contributed by atoms with E-state index in [0.717, 1.165) is 4.48 Å². The highest BCUT2D eigenvalue weighted by molar-refractivity contribution is 5.27. The average molecular weight is 361 g/mol. The number of hydrogen-bond donors (Lipinski definition) is 0. The summed E-state index contributed by atoms with van der Waals surface area (Å²) in [5.41, 5.74) is 3.11. The van der Waals surface area contributed by atoms with Crippen LogP contribution in [0.1, 0.15) is 17.5 Å². The Balaban J connectivity index is 0.00000162. The molecule has 2 nitrogen and oxygen atoms in total. The second-order valence-corrected chi connectivity index (χ2v) is 6.80. The molecule has 0 saturated heterocycles. The Kier molecular flexibility index (Phi) is 5.21. The molecular weight excluding hydrogens is 335 g/mol. The lowest BCUT2D eigenvalue weighted by Gasteiger charge is -2.31. The summed E-state index contributed by atoms with van der Waals surface area (Å²) in [6.07, 6.45) is 1.31. The van der Waals surface area contributed by atoms with Gasteiger partial charge in [0, 0.05) is 17.5 Å². The molecular formula is C15H26IN2+. The molecule has 1 heterocycles. The quantitative estimate of drug-likeness (QED) is 0.489. The number of rotatable bonds is 4. The van der Waals surface area contributed by atoms with Gasteiger partial charge in [0.05, 0.1) is 41.3 Å². The maximum atomic E-state index is 2.40. The van der Waals surface area contributed by atoms with Crippen molar-refractivity contribution < 1.29 is 32.9 Å². The van der Waals surface area contributed by atoms with Crippen molar-refractivity contribution in [2.75, 3.05) is 41.3 Å². The Hall–Kier alpha value is -0.130. The number of halogens is 1. The molecule has 1 aliphatic rings. The summed E-state index contributed by atoms with van der Waals surface area (Å²) in [6.45, 7) is 5.00. The molecule has 0 aromatic heterocycles. The molecule has 0 N–H and O–H groups in total. The van der Waals surface area contributed by atoms with Gasteiger partial charge in [0.25, 0.3) is 0 Å². The van der Waals surface area contributed by atoms with E-state index < -0.39 is 0 Å². The van der Waals surface area contributed by atoms with Gasteiger partial charge in [-0.05, 0) is 0 Å². The first-order valence-electron chi connectivity index (χ1n) is 6.59. The van der Waals surface area contributed by atoms with Crippen LogP contribution in [-0.2, 0) is 13.1 Å². The lowest BCUT2D eigenvalue weighted by molar-refractivity contribution is -0.934. The Bertz CT molecular complexity index is 371. The summed E-state index contributed by atoms with van der Waals surface area (Å²) in [4.78, 5) is 0. The molecule has 0 bridgehead atoms. The fourth-order valence-corrected chi connectivity index (χ4v) is 2.83. The smallest absolute Gasteiger partial charge is 0.105 e. The topological polar surface area (TPSA) is 0 Å². The van der Waals surface area contributed by atoms with E-state index in [2.05, 4.69) is 52.5 Å². The molecule has 1 aromatic carbocycles. The molecule has 0 spiro atoms. The number of nitrogens with zero attached hydrogens (tertiary/aromatic N) is 2. The van der Waals surface area contributed by atoms with Crippen molar-refractivity contribution in [1.29, 1.82) is 0 Å². The van der Waals surface area contributed by atoms with Crippen LogP contribution in [0, 0.1) is 0 Å². The van der Waals surface area contributed by atoms with Gasteiger partial charge in [0.2, 0.25) is 0 Å². The summed E-state index contributed by atoms with van der Waals surface area (Å²) in [7, 11) is 9.23. The molecule has 0 unspecified atom stereocenters. The van der Waals surface area contributed by atoms with Gasteiger partial charge in [-0.1, -0.05) is 24.3 Å². The van der Waals surface area contributed by atoms with Gasteiger partial charge in [-0.25, -0.2) is 0 Å². The minimum absolute atomic E-state index is 0. The molecule has 102 valence electrons. The van der Waals surface area contributed by atoms with E-state index in [1.165, 1.54) is 37.1 Å². The Morgan fingerprint density at radius 3 is 2.00 bits per heavy atom. The molecule has 0 aliphatic carbocycles. The second kappa shape index (κ2) is 5.88. The van der Waals surface area contributed by atoms with Crippen LogP contribution >= 0.6 is 0 Å². The van der Waals surface area contributed by atoms with Crippen molar-refractivity contribution in [3.05, 3.63) is 35.4 Å². The van der Waals surface area contributed by atoms with Crippen molar-refractivity contribution in [2.45, 2.75) is 19.5 Å². The minimum atomic E-state index is 0. The van der Waals surface area contributed by atoms with E-state index in [0.29, 0.717) is 0 Å². The van der Waals surface area contributed by atoms with Crippen LogP contribution in [0.25, 0.3) is 0 Å². The van der Waals surface area contributed by atoms with Gasteiger partial charge >= 0.3 is 0 Å². The van der Waals surface area contributed by atoms with Crippen LogP contribution < -0.4 is 24.0 Å². The lowest BCUT2D eigenvalue weighted by Crippen LogP contribution is -3.00. The van der Waals surface area contributed by atoms with E-state index >= 15 is 0 Å². The zero-order valence-electron chi connectivity index (χ0n) is 12.1. The first kappa shape index (κ1) is 15.9. The predicted molar refractivity (Wildman–Crippen MR) is 72.4 cm³/mol. The molecule has 0 fully saturated rings. The molecule has 0 amide bonds. The number of benzene rings is 1. The summed E-state index contributed by atoms with van der Waals surface area (Å²) in [5, 5.41) is 0. The van der Waals surface area contributed by atoms with Gasteiger partial charge in [0.15, 0.2) is 0 Å². The molecule has 0 atom stereocenters. The first-order valence-corrected chi connectivity index (χ1v) is 6.59. The Morgan fingerprint density at radius 2 is 1.56 bits per heavy atom. The largest absolute Gasteiger partial charge is 1.00 e. The molecule has 1 aliphatic heterocycles. The van der Waals surface area contributed by atoms with Gasteiger partial charge < -0.3 is 32.9 Å². The predicted octanol–water partition coefficient (Wildman–Crippen LogP) is -0.753. The van der Waals surface area contributed by atoms with Gasteiger partial charge in [-0.2, -0.15) is 0 Å². The van der Waals surface area contributed by atoms with Crippen molar-refractivity contribution >= 4 is 0 Å². The van der Waals surface area contributed by atoms with E-state index in [9.17, 15) is 0 Å².